The summed E-state index contributed by atoms with van der Waals surface area (Å²) in [6.07, 6.45) is -0.506. The van der Waals surface area contributed by atoms with Crippen LogP contribution in [-0.2, 0) is 0 Å². The average molecular weight is 236 g/mol. The van der Waals surface area contributed by atoms with Crippen molar-refractivity contribution in [3.05, 3.63) is 36.8 Å². The van der Waals surface area contributed by atoms with Crippen LogP contribution in [0.3, 0.4) is 0 Å². The molecule has 1 radical (unpaired) electrons. The van der Waals surface area contributed by atoms with Crippen LogP contribution in [-0.4, -0.2) is 29.9 Å². The topological polar surface area (TPSA) is 41.5 Å². The van der Waals surface area contributed by atoms with E-state index in [9.17, 15) is 5.11 Å². The van der Waals surface area contributed by atoms with Crippen molar-refractivity contribution in [1.29, 1.82) is 0 Å². The Kier molecular flexibility index (Phi) is 4.97. The zero-order chi connectivity index (χ0) is 12.9. The number of nitrogens with one attached hydrogen (secondary N) is 1. The summed E-state index contributed by atoms with van der Waals surface area (Å²) in [6, 6.07) is 7.47. The van der Waals surface area contributed by atoms with Crippen molar-refractivity contribution in [1.82, 2.24) is 5.32 Å². The predicted molar refractivity (Wildman–Crippen MR) is 70.2 cm³/mol. The molecule has 1 atom stereocenters. The van der Waals surface area contributed by atoms with Crippen LogP contribution in [0.5, 0.6) is 5.75 Å². The normalized spacial score (nSPS) is 13.5. The van der Waals surface area contributed by atoms with Gasteiger partial charge in [-0.2, -0.15) is 0 Å². The fraction of sp³-hybridized carbons (Fsp3) is 0.500. The molecule has 1 aromatic rings. The van der Waals surface area contributed by atoms with E-state index in [2.05, 4.69) is 33.0 Å². The van der Waals surface area contributed by atoms with Gasteiger partial charge in [0, 0.05) is 12.1 Å². The molecule has 0 bridgehead atoms. The highest BCUT2D eigenvalue weighted by Crippen LogP contribution is 2.11. The predicted octanol–water partition coefficient (Wildman–Crippen LogP) is 2.00. The third-order valence-electron chi connectivity index (χ3n) is 2.23. The molecule has 1 rings (SSSR count). The molecule has 0 aliphatic heterocycles. The second-order valence-electron chi connectivity index (χ2n) is 5.24. The van der Waals surface area contributed by atoms with E-state index in [0.717, 1.165) is 11.3 Å². The molecule has 0 aliphatic rings. The van der Waals surface area contributed by atoms with Gasteiger partial charge in [0.05, 0.1) is 0 Å². The molecule has 0 saturated heterocycles. The Bertz CT molecular complexity index is 327. The Labute approximate surface area is 104 Å². The fourth-order valence-electron chi connectivity index (χ4n) is 1.26. The van der Waals surface area contributed by atoms with Crippen molar-refractivity contribution in [2.75, 3.05) is 13.2 Å². The lowest BCUT2D eigenvalue weighted by Gasteiger charge is -2.22. The number of hydrogen-bond donors (Lipinski definition) is 2. The van der Waals surface area contributed by atoms with Crippen LogP contribution < -0.4 is 10.1 Å². The maximum Gasteiger partial charge on any atom is 0.119 e. The van der Waals surface area contributed by atoms with Crippen LogP contribution in [0.1, 0.15) is 26.3 Å². The minimum atomic E-state index is -0.506. The van der Waals surface area contributed by atoms with Gasteiger partial charge < -0.3 is 15.2 Å². The molecule has 0 heterocycles. The van der Waals surface area contributed by atoms with Crippen molar-refractivity contribution in [2.45, 2.75) is 32.4 Å². The Morgan fingerprint density at radius 1 is 1.29 bits per heavy atom. The molecular formula is C14H22NO2. The van der Waals surface area contributed by atoms with Gasteiger partial charge in [0.2, 0.25) is 0 Å². The van der Waals surface area contributed by atoms with E-state index >= 15 is 0 Å². The summed E-state index contributed by atoms with van der Waals surface area (Å²) in [7, 11) is 0. The summed E-state index contributed by atoms with van der Waals surface area (Å²) >= 11 is 0. The SMILES string of the molecule is [CH2]c1ccc(OCC(O)CNC(C)(C)C)cc1. The maximum absolute atomic E-state index is 9.73. The van der Waals surface area contributed by atoms with Gasteiger partial charge in [-0.25, -0.2) is 0 Å². The number of aliphatic hydroxyl groups is 1. The number of hydrogen-bond acceptors (Lipinski definition) is 3. The summed E-state index contributed by atoms with van der Waals surface area (Å²) in [6.45, 7) is 10.8. The molecule has 1 unspecified atom stereocenters. The smallest absolute Gasteiger partial charge is 0.119 e. The number of aliphatic hydroxyl groups excluding tert-OH is 1. The molecule has 0 aromatic heterocycles. The van der Waals surface area contributed by atoms with Gasteiger partial charge in [-0.3, -0.25) is 0 Å². The highest BCUT2D eigenvalue weighted by molar-refractivity contribution is 5.28. The minimum Gasteiger partial charge on any atom is -0.491 e. The summed E-state index contributed by atoms with van der Waals surface area (Å²) in [4.78, 5) is 0. The van der Waals surface area contributed by atoms with Gasteiger partial charge in [0.15, 0.2) is 0 Å². The van der Waals surface area contributed by atoms with Crippen LogP contribution in [0.25, 0.3) is 0 Å². The van der Waals surface area contributed by atoms with E-state index in [1.807, 2.05) is 24.3 Å². The Balaban J connectivity index is 2.28. The Hall–Kier alpha value is -1.06. The highest BCUT2D eigenvalue weighted by atomic mass is 16.5. The Morgan fingerprint density at radius 3 is 2.41 bits per heavy atom. The standard InChI is InChI=1S/C14H22NO2/c1-11-5-7-13(8-6-11)17-10-12(16)9-15-14(2,3)4/h5-8,12,15-16H,1,9-10H2,2-4H3. The first-order chi connectivity index (χ1) is 7.87. The molecule has 3 heteroatoms. The van der Waals surface area contributed by atoms with E-state index in [0.29, 0.717) is 13.2 Å². The first-order valence-electron chi connectivity index (χ1n) is 5.85. The van der Waals surface area contributed by atoms with Gasteiger partial charge in [-0.1, -0.05) is 12.1 Å². The quantitative estimate of drug-likeness (QED) is 0.821. The Morgan fingerprint density at radius 2 is 1.88 bits per heavy atom. The average Bonchev–Trinajstić information content (AvgIpc) is 2.25. The summed E-state index contributed by atoms with van der Waals surface area (Å²) in [5.41, 5.74) is 0.962. The van der Waals surface area contributed by atoms with Crippen molar-refractivity contribution < 1.29 is 9.84 Å². The molecule has 17 heavy (non-hydrogen) atoms. The molecular weight excluding hydrogens is 214 g/mol. The van der Waals surface area contributed by atoms with Crippen molar-refractivity contribution in [3.8, 4) is 5.75 Å². The molecule has 0 spiro atoms. The third-order valence-corrected chi connectivity index (χ3v) is 2.23. The summed E-state index contributed by atoms with van der Waals surface area (Å²) in [5, 5.41) is 13.0. The van der Waals surface area contributed by atoms with Gasteiger partial charge in [-0.15, -0.1) is 0 Å². The maximum atomic E-state index is 9.73. The van der Waals surface area contributed by atoms with Crippen LogP contribution in [0, 0.1) is 6.92 Å². The summed E-state index contributed by atoms with van der Waals surface area (Å²) < 4.78 is 5.47. The van der Waals surface area contributed by atoms with Gasteiger partial charge >= 0.3 is 0 Å². The molecule has 0 fully saturated rings. The van der Waals surface area contributed by atoms with Crippen molar-refractivity contribution >= 4 is 0 Å². The largest absolute Gasteiger partial charge is 0.491 e. The minimum absolute atomic E-state index is 0.0104. The van der Waals surface area contributed by atoms with Gasteiger partial charge in [0.25, 0.3) is 0 Å². The van der Waals surface area contributed by atoms with Crippen LogP contribution in [0.2, 0.25) is 0 Å². The summed E-state index contributed by atoms with van der Waals surface area (Å²) in [5.74, 6) is 0.757. The van der Waals surface area contributed by atoms with E-state index in [-0.39, 0.29) is 5.54 Å². The number of ether oxygens (including phenoxy) is 1. The molecule has 0 amide bonds. The lowest BCUT2D eigenvalue weighted by molar-refractivity contribution is 0.100. The molecule has 0 aliphatic carbocycles. The van der Waals surface area contributed by atoms with E-state index in [4.69, 9.17) is 4.74 Å². The van der Waals surface area contributed by atoms with Crippen LogP contribution in [0.15, 0.2) is 24.3 Å². The second kappa shape index (κ2) is 6.03. The van der Waals surface area contributed by atoms with Crippen molar-refractivity contribution in [2.24, 2.45) is 0 Å². The molecule has 95 valence electrons. The number of benzene rings is 1. The first-order valence-corrected chi connectivity index (χ1v) is 5.85. The first kappa shape index (κ1) is 14.0. The molecule has 3 nitrogen and oxygen atoms in total. The highest BCUT2D eigenvalue weighted by Gasteiger charge is 2.12. The zero-order valence-electron chi connectivity index (χ0n) is 10.9. The lowest BCUT2D eigenvalue weighted by atomic mass is 10.1. The monoisotopic (exact) mass is 236 g/mol. The molecule has 0 saturated carbocycles. The van der Waals surface area contributed by atoms with Gasteiger partial charge in [0.1, 0.15) is 18.5 Å². The van der Waals surface area contributed by atoms with E-state index < -0.39 is 6.10 Å². The van der Waals surface area contributed by atoms with E-state index in [1.54, 1.807) is 0 Å². The zero-order valence-corrected chi connectivity index (χ0v) is 10.9. The van der Waals surface area contributed by atoms with E-state index in [1.165, 1.54) is 0 Å². The fourth-order valence-corrected chi connectivity index (χ4v) is 1.26. The van der Waals surface area contributed by atoms with Crippen LogP contribution in [0.4, 0.5) is 0 Å². The lowest BCUT2D eigenvalue weighted by Crippen LogP contribution is -2.42. The molecule has 1 aromatic carbocycles. The van der Waals surface area contributed by atoms with Gasteiger partial charge in [-0.05, 0) is 45.4 Å². The van der Waals surface area contributed by atoms with Crippen LogP contribution >= 0.6 is 0 Å². The number of β-amino-alcohol motifs (C(OH)–C–C–N with tert-alkyl or cyclic N) is 1. The molecule has 2 N–H and O–H groups in total. The second-order valence-corrected chi connectivity index (χ2v) is 5.24. The third kappa shape index (κ3) is 6.29. The van der Waals surface area contributed by atoms with Crippen molar-refractivity contribution in [3.63, 3.8) is 0 Å². The number of rotatable bonds is 5.